The number of anilines is 1. The van der Waals surface area contributed by atoms with Crippen molar-refractivity contribution < 1.29 is 19.1 Å². The van der Waals surface area contributed by atoms with Crippen LogP contribution in [0.25, 0.3) is 0 Å². The van der Waals surface area contributed by atoms with Crippen LogP contribution in [0.5, 0.6) is 5.75 Å². The number of carbonyl (C=O) groups is 2. The molecule has 0 atom stereocenters. The number of amides is 2. The van der Waals surface area contributed by atoms with Crippen LogP contribution in [-0.2, 0) is 9.53 Å². The van der Waals surface area contributed by atoms with E-state index in [9.17, 15) is 9.59 Å². The molecule has 8 nitrogen and oxygen atoms in total. The normalized spacial score (nSPS) is 18.4. The Balaban J connectivity index is 1.62. The first-order chi connectivity index (χ1) is 13.5. The highest BCUT2D eigenvalue weighted by atomic mass is 16.5. The van der Waals surface area contributed by atoms with E-state index in [4.69, 9.17) is 9.47 Å². The SMILES string of the molecule is Cc1ccc2c(c1)C(=O)N(CC(=O)Nc1cn[nH]c1C)CC1(CCOCC1)O2. The number of aromatic amines is 1. The third-order valence-electron chi connectivity index (χ3n) is 5.30. The molecule has 2 N–H and O–H groups in total. The van der Waals surface area contributed by atoms with Crippen molar-refractivity contribution in [1.82, 2.24) is 15.1 Å². The second-order valence-electron chi connectivity index (χ2n) is 7.52. The molecule has 1 aromatic heterocycles. The zero-order valence-corrected chi connectivity index (χ0v) is 16.1. The lowest BCUT2D eigenvalue weighted by Crippen LogP contribution is -2.52. The summed E-state index contributed by atoms with van der Waals surface area (Å²) in [4.78, 5) is 27.4. The average Bonchev–Trinajstić information content (AvgIpc) is 3.03. The molecule has 0 saturated carbocycles. The second kappa shape index (κ2) is 7.27. The molecule has 1 aromatic carbocycles. The van der Waals surface area contributed by atoms with Crippen LogP contribution in [0.2, 0.25) is 0 Å². The summed E-state index contributed by atoms with van der Waals surface area (Å²) in [5.41, 5.74) is 2.30. The largest absolute Gasteiger partial charge is 0.484 e. The summed E-state index contributed by atoms with van der Waals surface area (Å²) in [6, 6.07) is 5.60. The molecule has 0 radical (unpaired) electrons. The fraction of sp³-hybridized carbons (Fsp3) is 0.450. The molecule has 0 unspecified atom stereocenters. The molecule has 148 valence electrons. The Labute approximate surface area is 163 Å². The quantitative estimate of drug-likeness (QED) is 0.844. The Hall–Kier alpha value is -2.87. The molecule has 1 fully saturated rings. The maximum Gasteiger partial charge on any atom is 0.258 e. The molecule has 2 amide bonds. The van der Waals surface area contributed by atoms with Crippen LogP contribution in [0.15, 0.2) is 24.4 Å². The first-order valence-corrected chi connectivity index (χ1v) is 9.42. The van der Waals surface area contributed by atoms with Gasteiger partial charge in [-0.2, -0.15) is 5.10 Å². The number of ether oxygens (including phenoxy) is 2. The van der Waals surface area contributed by atoms with Crippen molar-refractivity contribution in [3.05, 3.63) is 41.2 Å². The number of nitrogens with zero attached hydrogens (tertiary/aromatic N) is 2. The Morgan fingerprint density at radius 3 is 2.82 bits per heavy atom. The van der Waals surface area contributed by atoms with Crippen molar-refractivity contribution in [3.63, 3.8) is 0 Å². The van der Waals surface area contributed by atoms with E-state index in [1.165, 1.54) is 0 Å². The van der Waals surface area contributed by atoms with E-state index in [2.05, 4.69) is 15.5 Å². The number of H-pyrrole nitrogens is 1. The molecular weight excluding hydrogens is 360 g/mol. The number of hydrogen-bond donors (Lipinski definition) is 2. The van der Waals surface area contributed by atoms with Gasteiger partial charge >= 0.3 is 0 Å². The van der Waals surface area contributed by atoms with E-state index < -0.39 is 5.60 Å². The highest BCUT2D eigenvalue weighted by molar-refractivity contribution is 6.01. The minimum atomic E-state index is -0.541. The smallest absolute Gasteiger partial charge is 0.258 e. The summed E-state index contributed by atoms with van der Waals surface area (Å²) in [6.07, 6.45) is 2.90. The van der Waals surface area contributed by atoms with Crippen LogP contribution in [-0.4, -0.2) is 58.8 Å². The molecule has 1 saturated heterocycles. The average molecular weight is 384 g/mol. The number of carbonyl (C=O) groups excluding carboxylic acids is 2. The summed E-state index contributed by atoms with van der Waals surface area (Å²) in [7, 11) is 0. The molecule has 0 aliphatic carbocycles. The molecule has 1 spiro atoms. The van der Waals surface area contributed by atoms with Gasteiger partial charge in [0.2, 0.25) is 5.91 Å². The van der Waals surface area contributed by atoms with Crippen LogP contribution in [0.3, 0.4) is 0 Å². The molecule has 28 heavy (non-hydrogen) atoms. The van der Waals surface area contributed by atoms with Crippen LogP contribution >= 0.6 is 0 Å². The van der Waals surface area contributed by atoms with Crippen molar-refractivity contribution in [2.45, 2.75) is 32.3 Å². The molecule has 3 heterocycles. The number of rotatable bonds is 3. The number of nitrogens with one attached hydrogen (secondary N) is 2. The number of aryl methyl sites for hydroxylation is 2. The predicted molar refractivity (Wildman–Crippen MR) is 102 cm³/mol. The van der Waals surface area contributed by atoms with Crippen LogP contribution < -0.4 is 10.1 Å². The van der Waals surface area contributed by atoms with Gasteiger partial charge in [-0.25, -0.2) is 0 Å². The summed E-state index contributed by atoms with van der Waals surface area (Å²) < 4.78 is 11.9. The van der Waals surface area contributed by atoms with Gasteiger partial charge in [0.25, 0.3) is 5.91 Å². The van der Waals surface area contributed by atoms with E-state index in [0.29, 0.717) is 49.6 Å². The van der Waals surface area contributed by atoms with Gasteiger partial charge in [0.15, 0.2) is 0 Å². The summed E-state index contributed by atoms with van der Waals surface area (Å²) in [6.45, 7) is 5.20. The van der Waals surface area contributed by atoms with Crippen molar-refractivity contribution >= 4 is 17.5 Å². The number of fused-ring (bicyclic) bond motifs is 1. The van der Waals surface area contributed by atoms with Gasteiger partial charge in [0.1, 0.15) is 17.9 Å². The highest BCUT2D eigenvalue weighted by Gasteiger charge is 2.42. The predicted octanol–water partition coefficient (Wildman–Crippen LogP) is 2.05. The van der Waals surface area contributed by atoms with Crippen molar-refractivity contribution in [2.75, 3.05) is 31.6 Å². The number of hydrogen-bond acceptors (Lipinski definition) is 5. The summed E-state index contributed by atoms with van der Waals surface area (Å²) in [5, 5.41) is 9.50. The van der Waals surface area contributed by atoms with E-state index in [-0.39, 0.29) is 18.4 Å². The van der Waals surface area contributed by atoms with Crippen molar-refractivity contribution in [3.8, 4) is 5.75 Å². The van der Waals surface area contributed by atoms with Gasteiger partial charge in [-0.3, -0.25) is 14.7 Å². The first-order valence-electron chi connectivity index (χ1n) is 9.42. The Bertz CT molecular complexity index is 901. The highest BCUT2D eigenvalue weighted by Crippen LogP contribution is 2.35. The fourth-order valence-electron chi connectivity index (χ4n) is 3.73. The lowest BCUT2D eigenvalue weighted by atomic mass is 9.93. The lowest BCUT2D eigenvalue weighted by Gasteiger charge is -2.38. The molecule has 0 bridgehead atoms. The summed E-state index contributed by atoms with van der Waals surface area (Å²) in [5.74, 6) is 0.114. The maximum absolute atomic E-state index is 13.2. The summed E-state index contributed by atoms with van der Waals surface area (Å²) >= 11 is 0. The number of benzene rings is 1. The van der Waals surface area contributed by atoms with Crippen molar-refractivity contribution in [1.29, 1.82) is 0 Å². The van der Waals surface area contributed by atoms with Gasteiger partial charge in [0.05, 0.1) is 42.9 Å². The molecule has 8 heteroatoms. The fourth-order valence-corrected chi connectivity index (χ4v) is 3.73. The second-order valence-corrected chi connectivity index (χ2v) is 7.52. The zero-order chi connectivity index (χ0) is 19.7. The monoisotopic (exact) mass is 384 g/mol. The van der Waals surface area contributed by atoms with Crippen LogP contribution in [0.4, 0.5) is 5.69 Å². The Kier molecular flexibility index (Phi) is 4.80. The molecule has 2 aliphatic heterocycles. The third-order valence-corrected chi connectivity index (χ3v) is 5.30. The Morgan fingerprint density at radius 2 is 2.11 bits per heavy atom. The topological polar surface area (TPSA) is 96.6 Å². The minimum absolute atomic E-state index is 0.0528. The maximum atomic E-state index is 13.2. The van der Waals surface area contributed by atoms with Crippen molar-refractivity contribution in [2.24, 2.45) is 0 Å². The van der Waals surface area contributed by atoms with E-state index in [1.807, 2.05) is 32.0 Å². The standard InChI is InChI=1S/C20H24N4O4/c1-13-3-4-17-15(9-13)19(26)24(12-20(28-17)5-7-27-8-6-20)11-18(25)22-16-10-21-23-14(16)2/h3-4,9-10H,5-8,11-12H2,1-2H3,(H,21,23)(H,22,25). The lowest BCUT2D eigenvalue weighted by molar-refractivity contribution is -0.117. The van der Waals surface area contributed by atoms with Gasteiger partial charge < -0.3 is 19.7 Å². The first kappa shape index (κ1) is 18.5. The molecular formula is C20H24N4O4. The van der Waals surface area contributed by atoms with Crippen LogP contribution in [0.1, 0.15) is 34.5 Å². The van der Waals surface area contributed by atoms with Crippen LogP contribution in [0, 0.1) is 13.8 Å². The van der Waals surface area contributed by atoms with Gasteiger partial charge in [0, 0.05) is 12.8 Å². The number of aromatic nitrogens is 2. The Morgan fingerprint density at radius 1 is 1.32 bits per heavy atom. The van der Waals surface area contributed by atoms with E-state index in [0.717, 1.165) is 11.3 Å². The van der Waals surface area contributed by atoms with E-state index in [1.54, 1.807) is 11.1 Å². The van der Waals surface area contributed by atoms with E-state index >= 15 is 0 Å². The minimum Gasteiger partial charge on any atom is -0.484 e. The molecule has 2 aliphatic rings. The van der Waals surface area contributed by atoms with Gasteiger partial charge in [-0.1, -0.05) is 11.6 Å². The third kappa shape index (κ3) is 3.60. The van der Waals surface area contributed by atoms with Gasteiger partial charge in [-0.15, -0.1) is 0 Å². The zero-order valence-electron chi connectivity index (χ0n) is 16.1. The molecule has 2 aromatic rings. The molecule has 4 rings (SSSR count). The van der Waals surface area contributed by atoms with Gasteiger partial charge in [-0.05, 0) is 26.0 Å².